The number of carbonyl (C=O) groups is 2. The summed E-state index contributed by atoms with van der Waals surface area (Å²) in [6, 6.07) is 4.54. The Bertz CT molecular complexity index is 1290. The summed E-state index contributed by atoms with van der Waals surface area (Å²) in [5.74, 6) is -2.50. The number of methoxy groups -OCH3 is 1. The fourth-order valence-electron chi connectivity index (χ4n) is 4.24. The lowest BCUT2D eigenvalue weighted by atomic mass is 10.0. The second-order valence-corrected chi connectivity index (χ2v) is 9.26. The number of hydrogen-bond donors (Lipinski definition) is 1. The van der Waals surface area contributed by atoms with Gasteiger partial charge in [0.15, 0.2) is 5.88 Å². The molecule has 0 saturated heterocycles. The van der Waals surface area contributed by atoms with Crippen LogP contribution in [-0.2, 0) is 20.6 Å². The van der Waals surface area contributed by atoms with Crippen LogP contribution in [0.15, 0.2) is 47.7 Å². The Kier molecular flexibility index (Phi) is 8.98. The van der Waals surface area contributed by atoms with Crippen LogP contribution >= 0.6 is 0 Å². The molecule has 0 spiro atoms. The third kappa shape index (κ3) is 6.21. The molecule has 1 aromatic carbocycles. The molecule has 2 aliphatic rings. The highest BCUT2D eigenvalue weighted by atomic mass is 19.3. The second kappa shape index (κ2) is 11.8. The molecule has 0 aliphatic carbocycles. The van der Waals surface area contributed by atoms with Crippen LogP contribution in [0.4, 0.5) is 22.4 Å². The van der Waals surface area contributed by atoms with Gasteiger partial charge in [0.25, 0.3) is 5.91 Å². The zero-order chi connectivity index (χ0) is 29.1. The van der Waals surface area contributed by atoms with E-state index in [4.69, 9.17) is 9.47 Å². The average molecular weight is 554 g/mol. The first-order chi connectivity index (χ1) is 18.4. The van der Waals surface area contributed by atoms with Gasteiger partial charge in [0.05, 0.1) is 36.2 Å². The number of rotatable bonds is 5. The van der Waals surface area contributed by atoms with Gasteiger partial charge in [0.1, 0.15) is 23.0 Å². The Balaban J connectivity index is 0.00000205. The minimum absolute atomic E-state index is 0.0383. The second-order valence-electron chi connectivity index (χ2n) is 9.26. The number of aromatic nitrogens is 1. The van der Waals surface area contributed by atoms with Crippen LogP contribution in [0.25, 0.3) is 11.3 Å². The van der Waals surface area contributed by atoms with Crippen LogP contribution in [-0.4, -0.2) is 53.9 Å². The highest BCUT2D eigenvalue weighted by Crippen LogP contribution is 2.35. The summed E-state index contributed by atoms with van der Waals surface area (Å²) < 4.78 is 70.9. The third-order valence-corrected chi connectivity index (χ3v) is 5.68. The molecular weight excluding hydrogens is 522 g/mol. The largest absolute Gasteiger partial charge is 0.495 e. The van der Waals surface area contributed by atoms with Gasteiger partial charge in [-0.1, -0.05) is 19.9 Å². The molecule has 39 heavy (non-hydrogen) atoms. The summed E-state index contributed by atoms with van der Waals surface area (Å²) in [6.07, 6.45) is 0.432. The topological polar surface area (TPSA) is 82.0 Å². The quantitative estimate of drug-likeness (QED) is 0.473. The standard InChI is InChI=1S/C25H25F4N3O5.C2H6/c1-25(2,3)37-24(34)32-16-8-9-31(18-12-30-20(36-23(28)29)11-19(18)35-4)22(33)13(16)10-17(32)21-14(26)6-5-7-15(21)27;1-2/h5-7,10-11,23,30H,8-9,12H2,1-4H3;1-2H3. The van der Waals surface area contributed by atoms with Gasteiger partial charge in [-0.2, -0.15) is 8.78 Å². The molecule has 1 amide bonds. The maximum Gasteiger partial charge on any atom is 0.419 e. The fraction of sp³-hybridized carbons (Fsp3) is 0.407. The zero-order valence-electron chi connectivity index (χ0n) is 22.5. The number of ether oxygens (including phenoxy) is 3. The van der Waals surface area contributed by atoms with Crippen molar-refractivity contribution in [2.24, 2.45) is 0 Å². The highest BCUT2D eigenvalue weighted by molar-refractivity contribution is 6.01. The molecule has 0 fully saturated rings. The highest BCUT2D eigenvalue weighted by Gasteiger charge is 2.37. The van der Waals surface area contributed by atoms with Gasteiger partial charge >= 0.3 is 12.7 Å². The molecule has 1 aromatic heterocycles. The summed E-state index contributed by atoms with van der Waals surface area (Å²) in [6.45, 7) is 5.88. The van der Waals surface area contributed by atoms with Crippen LogP contribution < -0.4 is 5.32 Å². The molecule has 0 saturated carbocycles. The van der Waals surface area contributed by atoms with Gasteiger partial charge in [-0.25, -0.2) is 18.1 Å². The minimum atomic E-state index is -3.05. The van der Waals surface area contributed by atoms with Crippen molar-refractivity contribution in [3.05, 3.63) is 70.6 Å². The Labute approximate surface area is 223 Å². The number of carbonyl (C=O) groups excluding carboxylic acids is 2. The fourth-order valence-corrected chi connectivity index (χ4v) is 4.24. The average Bonchev–Trinajstić information content (AvgIpc) is 3.24. The number of fused-ring (bicyclic) bond motifs is 1. The van der Waals surface area contributed by atoms with E-state index in [1.54, 1.807) is 20.8 Å². The van der Waals surface area contributed by atoms with Crippen LogP contribution in [0.1, 0.15) is 50.7 Å². The lowest BCUT2D eigenvalue weighted by molar-refractivity contribution is -0.102. The van der Waals surface area contributed by atoms with E-state index in [1.807, 2.05) is 13.8 Å². The predicted octanol–water partition coefficient (Wildman–Crippen LogP) is 5.78. The van der Waals surface area contributed by atoms with E-state index >= 15 is 0 Å². The van der Waals surface area contributed by atoms with Crippen molar-refractivity contribution in [3.63, 3.8) is 0 Å². The Hall–Kier alpha value is -3.96. The normalized spacial score (nSPS) is 15.2. The summed E-state index contributed by atoms with van der Waals surface area (Å²) in [7, 11) is 1.31. The van der Waals surface area contributed by atoms with Gasteiger partial charge in [-0.3, -0.25) is 4.79 Å². The molecule has 3 heterocycles. The molecule has 0 radical (unpaired) electrons. The van der Waals surface area contributed by atoms with E-state index in [1.165, 1.54) is 30.2 Å². The maximum absolute atomic E-state index is 14.8. The number of benzene rings is 1. The van der Waals surface area contributed by atoms with Gasteiger partial charge in [-0.15, -0.1) is 0 Å². The molecule has 12 heteroatoms. The lowest BCUT2D eigenvalue weighted by Gasteiger charge is -2.33. The molecule has 0 atom stereocenters. The number of allylic oxidation sites excluding steroid dienone is 1. The smallest absolute Gasteiger partial charge is 0.419 e. The lowest BCUT2D eigenvalue weighted by Crippen LogP contribution is -2.42. The molecule has 2 aliphatic heterocycles. The first kappa shape index (κ1) is 29.6. The monoisotopic (exact) mass is 553 g/mol. The van der Waals surface area contributed by atoms with Crippen LogP contribution in [0, 0.1) is 11.6 Å². The van der Waals surface area contributed by atoms with Crippen molar-refractivity contribution >= 4 is 12.0 Å². The molecule has 0 bridgehead atoms. The number of halogens is 4. The summed E-state index contributed by atoms with van der Waals surface area (Å²) in [4.78, 5) is 28.1. The van der Waals surface area contributed by atoms with E-state index in [0.717, 1.165) is 16.7 Å². The molecule has 4 rings (SSSR count). The van der Waals surface area contributed by atoms with E-state index < -0.39 is 41.4 Å². The zero-order valence-corrected chi connectivity index (χ0v) is 22.5. The molecule has 1 N–H and O–H groups in total. The van der Waals surface area contributed by atoms with Crippen molar-refractivity contribution in [1.82, 2.24) is 14.8 Å². The minimum Gasteiger partial charge on any atom is -0.495 e. The molecule has 212 valence electrons. The molecular formula is C27H31F4N3O5. The number of nitrogens with zero attached hydrogens (tertiary/aromatic N) is 2. The number of hydrogen-bond acceptors (Lipinski definition) is 6. The van der Waals surface area contributed by atoms with Gasteiger partial charge in [0.2, 0.25) is 0 Å². The van der Waals surface area contributed by atoms with Crippen molar-refractivity contribution in [2.75, 3.05) is 20.2 Å². The number of alkyl halides is 2. The van der Waals surface area contributed by atoms with Crippen molar-refractivity contribution in [3.8, 4) is 11.3 Å². The predicted molar refractivity (Wildman–Crippen MR) is 135 cm³/mol. The molecule has 2 aromatic rings. The SMILES string of the molecule is CC.COC1=C(N2CCc3c(cc(-c4c(F)cccc4F)n3C(=O)OC(C)(C)C)C2=O)CNC(OC(F)F)=C1. The van der Waals surface area contributed by atoms with Crippen molar-refractivity contribution < 1.29 is 41.4 Å². The van der Waals surface area contributed by atoms with Gasteiger partial charge in [0, 0.05) is 24.7 Å². The maximum atomic E-state index is 14.8. The molecule has 8 nitrogen and oxygen atoms in total. The van der Waals surface area contributed by atoms with Crippen molar-refractivity contribution in [2.45, 2.75) is 53.3 Å². The number of dihydropyridines is 1. The van der Waals surface area contributed by atoms with Crippen LogP contribution in [0.3, 0.4) is 0 Å². The van der Waals surface area contributed by atoms with Crippen LogP contribution in [0.5, 0.6) is 0 Å². The summed E-state index contributed by atoms with van der Waals surface area (Å²) in [5, 5.41) is 2.66. The Morgan fingerprint density at radius 2 is 1.77 bits per heavy atom. The van der Waals surface area contributed by atoms with Gasteiger partial charge in [-0.05, 0) is 39.0 Å². The van der Waals surface area contributed by atoms with Gasteiger partial charge < -0.3 is 24.4 Å². The number of nitrogens with one attached hydrogen (secondary N) is 1. The molecule has 0 unspecified atom stereocenters. The number of amides is 1. The van der Waals surface area contributed by atoms with E-state index in [0.29, 0.717) is 5.70 Å². The Morgan fingerprint density at radius 3 is 2.33 bits per heavy atom. The van der Waals surface area contributed by atoms with Crippen molar-refractivity contribution in [1.29, 1.82) is 0 Å². The first-order valence-corrected chi connectivity index (χ1v) is 12.3. The van der Waals surface area contributed by atoms with Crippen LogP contribution in [0.2, 0.25) is 0 Å². The first-order valence-electron chi connectivity index (χ1n) is 12.3. The van der Waals surface area contributed by atoms with E-state index in [2.05, 4.69) is 10.1 Å². The summed E-state index contributed by atoms with van der Waals surface area (Å²) >= 11 is 0. The third-order valence-electron chi connectivity index (χ3n) is 5.68. The Morgan fingerprint density at radius 1 is 1.13 bits per heavy atom. The summed E-state index contributed by atoms with van der Waals surface area (Å²) in [5.41, 5.74) is -0.955. The van der Waals surface area contributed by atoms with E-state index in [-0.39, 0.29) is 48.1 Å². The van der Waals surface area contributed by atoms with E-state index in [9.17, 15) is 27.2 Å².